The predicted molar refractivity (Wildman–Crippen MR) is 175 cm³/mol. The third-order valence-corrected chi connectivity index (χ3v) is 8.68. The molecule has 0 saturated carbocycles. The third-order valence-electron chi connectivity index (χ3n) is 7.88. The van der Waals surface area contributed by atoms with E-state index in [-0.39, 0.29) is 24.2 Å². The van der Waals surface area contributed by atoms with E-state index in [1.54, 1.807) is 12.1 Å². The van der Waals surface area contributed by atoms with Crippen LogP contribution in [0.5, 0.6) is 0 Å². The van der Waals surface area contributed by atoms with Crippen molar-refractivity contribution in [3.05, 3.63) is 35.4 Å². The number of rotatable bonds is 29. The average Bonchev–Trinajstić information content (AvgIpc) is 2.99. The standard InChI is InChI=1S/C35H60O7S/c1-2-3-4-5-6-7-8-9-10-11-12-13-14-15-16-17-18-19-20-21-22-25-29-41-34(36)32-27-23-24-28-33(32)35(37)42-30-26-31-43(38,39)40/h23-24,27-28H,2-22,25-26,29-31H2,1H3,(H,38,39,40). The Morgan fingerprint density at radius 1 is 0.535 bits per heavy atom. The summed E-state index contributed by atoms with van der Waals surface area (Å²) in [6, 6.07) is 6.24. The minimum atomic E-state index is -4.11. The monoisotopic (exact) mass is 624 g/mol. The van der Waals surface area contributed by atoms with Gasteiger partial charge in [0.25, 0.3) is 10.1 Å². The smallest absolute Gasteiger partial charge is 0.339 e. The highest BCUT2D eigenvalue weighted by molar-refractivity contribution is 7.85. The molecule has 43 heavy (non-hydrogen) atoms. The van der Waals surface area contributed by atoms with Gasteiger partial charge in [-0.05, 0) is 25.0 Å². The highest BCUT2D eigenvalue weighted by Crippen LogP contribution is 2.16. The van der Waals surface area contributed by atoms with Crippen molar-refractivity contribution >= 4 is 22.1 Å². The summed E-state index contributed by atoms with van der Waals surface area (Å²) in [7, 11) is -4.11. The summed E-state index contributed by atoms with van der Waals surface area (Å²) in [4.78, 5) is 24.8. The Bertz CT molecular complexity index is 945. The summed E-state index contributed by atoms with van der Waals surface area (Å²) in [5, 5.41) is 0. The van der Waals surface area contributed by atoms with Crippen LogP contribution in [0, 0.1) is 0 Å². The van der Waals surface area contributed by atoms with Gasteiger partial charge in [-0.15, -0.1) is 0 Å². The number of ether oxygens (including phenoxy) is 2. The zero-order chi connectivity index (χ0) is 31.4. The fraction of sp³-hybridized carbons (Fsp3) is 0.771. The van der Waals surface area contributed by atoms with Crippen LogP contribution in [-0.2, 0) is 19.6 Å². The van der Waals surface area contributed by atoms with Crippen LogP contribution in [-0.4, -0.2) is 43.9 Å². The largest absolute Gasteiger partial charge is 0.462 e. The number of carbonyl (C=O) groups is 2. The van der Waals surface area contributed by atoms with Crippen LogP contribution in [0.1, 0.15) is 175 Å². The van der Waals surface area contributed by atoms with E-state index in [1.165, 1.54) is 134 Å². The summed E-state index contributed by atoms with van der Waals surface area (Å²) in [5.41, 5.74) is 0.203. The van der Waals surface area contributed by atoms with Crippen molar-refractivity contribution < 1.29 is 32.0 Å². The van der Waals surface area contributed by atoms with Gasteiger partial charge in [0.2, 0.25) is 0 Å². The van der Waals surface area contributed by atoms with Gasteiger partial charge in [0.15, 0.2) is 0 Å². The summed E-state index contributed by atoms with van der Waals surface area (Å²) >= 11 is 0. The lowest BCUT2D eigenvalue weighted by Crippen LogP contribution is -2.16. The first-order valence-corrected chi connectivity index (χ1v) is 18.8. The van der Waals surface area contributed by atoms with Gasteiger partial charge in [0, 0.05) is 0 Å². The fourth-order valence-electron chi connectivity index (χ4n) is 5.28. The number of benzene rings is 1. The molecule has 0 saturated heterocycles. The van der Waals surface area contributed by atoms with Gasteiger partial charge in [-0.2, -0.15) is 8.42 Å². The molecule has 1 aromatic rings. The van der Waals surface area contributed by atoms with E-state index in [1.807, 2.05) is 0 Å². The molecule has 0 radical (unpaired) electrons. The van der Waals surface area contributed by atoms with Gasteiger partial charge in [-0.25, -0.2) is 9.59 Å². The molecule has 1 aromatic carbocycles. The van der Waals surface area contributed by atoms with E-state index in [9.17, 15) is 18.0 Å². The molecule has 0 amide bonds. The van der Waals surface area contributed by atoms with E-state index in [0.29, 0.717) is 6.61 Å². The van der Waals surface area contributed by atoms with Gasteiger partial charge in [0.1, 0.15) is 0 Å². The van der Waals surface area contributed by atoms with Crippen molar-refractivity contribution in [2.45, 2.75) is 155 Å². The van der Waals surface area contributed by atoms with E-state index >= 15 is 0 Å². The quantitative estimate of drug-likeness (QED) is 0.0537. The Morgan fingerprint density at radius 2 is 0.837 bits per heavy atom. The van der Waals surface area contributed by atoms with Gasteiger partial charge < -0.3 is 9.47 Å². The van der Waals surface area contributed by atoms with Crippen molar-refractivity contribution in [2.75, 3.05) is 19.0 Å². The molecule has 0 fully saturated rings. The Morgan fingerprint density at radius 3 is 1.16 bits per heavy atom. The molecule has 0 aliphatic carbocycles. The van der Waals surface area contributed by atoms with Crippen molar-refractivity contribution in [3.63, 3.8) is 0 Å². The zero-order valence-electron chi connectivity index (χ0n) is 27.0. The summed E-state index contributed by atoms with van der Waals surface area (Å²) in [6.45, 7) is 2.40. The van der Waals surface area contributed by atoms with Crippen molar-refractivity contribution in [1.82, 2.24) is 0 Å². The second-order valence-corrected chi connectivity index (χ2v) is 13.5. The van der Waals surface area contributed by atoms with Crippen molar-refractivity contribution in [1.29, 1.82) is 0 Å². The normalized spacial score (nSPS) is 11.5. The molecule has 0 aromatic heterocycles. The van der Waals surface area contributed by atoms with Gasteiger partial charge >= 0.3 is 11.9 Å². The molecular weight excluding hydrogens is 564 g/mol. The predicted octanol–water partition coefficient (Wildman–Crippen LogP) is 9.88. The molecule has 1 N–H and O–H groups in total. The number of carbonyl (C=O) groups excluding carboxylic acids is 2. The first-order valence-electron chi connectivity index (χ1n) is 17.2. The Balaban J connectivity index is 1.94. The molecular formula is C35H60O7S. The minimum absolute atomic E-state index is 0.0311. The van der Waals surface area contributed by atoms with E-state index < -0.39 is 27.8 Å². The van der Waals surface area contributed by atoms with E-state index in [0.717, 1.165) is 19.3 Å². The van der Waals surface area contributed by atoms with Gasteiger partial charge in [0.05, 0.1) is 30.1 Å². The fourth-order valence-corrected chi connectivity index (χ4v) is 5.76. The van der Waals surface area contributed by atoms with Crippen LogP contribution < -0.4 is 0 Å². The molecule has 0 bridgehead atoms. The molecule has 8 heteroatoms. The first-order chi connectivity index (χ1) is 20.8. The Hall–Kier alpha value is -1.93. The summed E-state index contributed by atoms with van der Waals surface area (Å²) in [5.74, 6) is -1.80. The Labute approximate surface area is 262 Å². The molecule has 248 valence electrons. The molecule has 0 heterocycles. The third kappa shape index (κ3) is 23.2. The number of hydrogen-bond acceptors (Lipinski definition) is 6. The van der Waals surface area contributed by atoms with Crippen molar-refractivity contribution in [2.24, 2.45) is 0 Å². The van der Waals surface area contributed by atoms with Crippen LogP contribution in [0.2, 0.25) is 0 Å². The highest BCUT2D eigenvalue weighted by Gasteiger charge is 2.19. The first kappa shape index (κ1) is 39.1. The molecule has 0 spiro atoms. The van der Waals surface area contributed by atoms with E-state index in [2.05, 4.69) is 6.92 Å². The van der Waals surface area contributed by atoms with E-state index in [4.69, 9.17) is 14.0 Å². The second kappa shape index (κ2) is 26.5. The summed E-state index contributed by atoms with van der Waals surface area (Å²) in [6.07, 6.45) is 29.1. The maximum atomic E-state index is 12.5. The number of unbranched alkanes of at least 4 members (excludes halogenated alkanes) is 21. The number of hydrogen-bond donors (Lipinski definition) is 1. The minimum Gasteiger partial charge on any atom is -0.462 e. The van der Waals surface area contributed by atoms with Crippen LogP contribution in [0.25, 0.3) is 0 Å². The molecule has 0 atom stereocenters. The molecule has 7 nitrogen and oxygen atoms in total. The summed E-state index contributed by atoms with van der Waals surface area (Å²) < 4.78 is 40.7. The average molecular weight is 625 g/mol. The van der Waals surface area contributed by atoms with Crippen LogP contribution in [0.3, 0.4) is 0 Å². The molecule has 1 rings (SSSR count). The molecule has 0 aliphatic rings. The molecule has 0 unspecified atom stereocenters. The highest BCUT2D eigenvalue weighted by atomic mass is 32.2. The zero-order valence-corrected chi connectivity index (χ0v) is 27.8. The lowest BCUT2D eigenvalue weighted by Gasteiger charge is -2.10. The topological polar surface area (TPSA) is 107 Å². The number of esters is 2. The Kier molecular flexibility index (Phi) is 24.1. The molecule has 0 aliphatic heterocycles. The van der Waals surface area contributed by atoms with Gasteiger partial charge in [-0.3, -0.25) is 4.55 Å². The van der Waals surface area contributed by atoms with Crippen LogP contribution in [0.15, 0.2) is 24.3 Å². The maximum Gasteiger partial charge on any atom is 0.339 e. The second-order valence-electron chi connectivity index (χ2n) is 11.9. The SMILES string of the molecule is CCCCCCCCCCCCCCCCCCCCCCCCOC(=O)c1ccccc1C(=O)OCCCS(=O)(=O)O. The van der Waals surface area contributed by atoms with Gasteiger partial charge in [-0.1, -0.05) is 154 Å². The van der Waals surface area contributed by atoms with Crippen LogP contribution >= 0.6 is 0 Å². The maximum absolute atomic E-state index is 12.5. The van der Waals surface area contributed by atoms with Crippen LogP contribution in [0.4, 0.5) is 0 Å². The lowest BCUT2D eigenvalue weighted by molar-refractivity contribution is 0.0454. The van der Waals surface area contributed by atoms with Crippen molar-refractivity contribution in [3.8, 4) is 0 Å². The lowest BCUT2D eigenvalue weighted by atomic mass is 10.0.